The molecule has 2 aromatic heterocycles. The summed E-state index contributed by atoms with van der Waals surface area (Å²) < 4.78 is 7.65. The van der Waals surface area contributed by atoms with E-state index in [0.29, 0.717) is 28.4 Å². The van der Waals surface area contributed by atoms with Gasteiger partial charge in [-0.25, -0.2) is 4.98 Å². The van der Waals surface area contributed by atoms with Crippen LogP contribution in [0.4, 0.5) is 0 Å². The Morgan fingerprint density at radius 1 is 1.19 bits per heavy atom. The lowest BCUT2D eigenvalue weighted by molar-refractivity contribution is -0.119. The first kappa shape index (κ1) is 25.7. The normalized spacial score (nSPS) is 15.4. The summed E-state index contributed by atoms with van der Waals surface area (Å²) in [5.41, 5.74) is 3.65. The molecule has 0 saturated heterocycles. The molecule has 0 aliphatic carbocycles. The third kappa shape index (κ3) is 5.66. The summed E-state index contributed by atoms with van der Waals surface area (Å²) in [6.45, 7) is 8.60. The van der Waals surface area contributed by atoms with Gasteiger partial charge >= 0.3 is 0 Å². The molecule has 1 amide bonds. The van der Waals surface area contributed by atoms with Crippen molar-refractivity contribution in [2.24, 2.45) is 0 Å². The number of carbonyl (C=O) groups excluding carboxylic acids is 1. The molecule has 192 valence electrons. The van der Waals surface area contributed by atoms with Gasteiger partial charge in [-0.3, -0.25) is 14.2 Å². The number of ether oxygens (including phenoxy) is 1. The zero-order valence-electron chi connectivity index (χ0n) is 21.5. The van der Waals surface area contributed by atoms with E-state index in [-0.39, 0.29) is 28.9 Å². The molecule has 0 spiro atoms. The number of hydrogen-bond donors (Lipinski definition) is 1. The monoisotopic (exact) mass is 533 g/mol. The summed E-state index contributed by atoms with van der Waals surface area (Å²) >= 11 is 2.81. The number of nitrogens with one attached hydrogen (secondary N) is 1. The molecule has 0 radical (unpaired) electrons. The predicted molar refractivity (Wildman–Crippen MR) is 151 cm³/mol. The third-order valence-corrected chi connectivity index (χ3v) is 8.53. The quantitative estimate of drug-likeness (QED) is 0.253. The van der Waals surface area contributed by atoms with E-state index in [1.54, 1.807) is 4.57 Å². The summed E-state index contributed by atoms with van der Waals surface area (Å²) in [6, 6.07) is 17.9. The first-order chi connectivity index (χ1) is 17.7. The minimum absolute atomic E-state index is 0.00222. The molecule has 4 aromatic rings. The highest BCUT2D eigenvalue weighted by atomic mass is 32.2. The fourth-order valence-electron chi connectivity index (χ4n) is 4.66. The van der Waals surface area contributed by atoms with Crippen LogP contribution in [0, 0.1) is 6.92 Å². The minimum Gasteiger partial charge on any atom is -0.370 e. The van der Waals surface area contributed by atoms with E-state index in [9.17, 15) is 9.59 Å². The maximum Gasteiger partial charge on any atom is 0.267 e. The van der Waals surface area contributed by atoms with Crippen LogP contribution in [-0.2, 0) is 29.0 Å². The van der Waals surface area contributed by atoms with E-state index in [1.807, 2.05) is 70.2 Å². The summed E-state index contributed by atoms with van der Waals surface area (Å²) in [4.78, 5) is 33.5. The summed E-state index contributed by atoms with van der Waals surface area (Å²) in [5, 5.41) is 4.27. The molecule has 0 saturated carbocycles. The predicted octanol–water partition coefficient (Wildman–Crippen LogP) is 5.45. The van der Waals surface area contributed by atoms with Gasteiger partial charge in [-0.1, -0.05) is 59.8 Å². The zero-order valence-corrected chi connectivity index (χ0v) is 23.2. The number of nitrogens with zero attached hydrogens (tertiary/aromatic N) is 2. The molecule has 6 nitrogen and oxygen atoms in total. The molecule has 1 unspecified atom stereocenters. The van der Waals surface area contributed by atoms with Gasteiger partial charge in [0.2, 0.25) is 5.91 Å². The third-order valence-electron chi connectivity index (χ3n) is 6.49. The number of aryl methyl sites for hydroxylation is 1. The summed E-state index contributed by atoms with van der Waals surface area (Å²) in [5.74, 6) is 0.0864. The van der Waals surface area contributed by atoms with Gasteiger partial charge in [0.25, 0.3) is 5.56 Å². The number of aromatic nitrogens is 2. The smallest absolute Gasteiger partial charge is 0.267 e. The van der Waals surface area contributed by atoms with E-state index < -0.39 is 0 Å². The standard InChI is InChI=1S/C29H31N3O3S2/c1-18-10-12-21(13-11-18)32-27(34)25-22-15-29(3,4)35-16-23(22)37-26(25)31-28(32)36-17-24(33)30-19(2)14-20-8-6-5-7-9-20/h5-13,19H,14-17H2,1-4H3,(H,30,33). The van der Waals surface area contributed by atoms with Crippen LogP contribution in [0.1, 0.15) is 42.3 Å². The van der Waals surface area contributed by atoms with Crippen LogP contribution in [0.25, 0.3) is 15.9 Å². The molecule has 0 bridgehead atoms. The van der Waals surface area contributed by atoms with E-state index in [1.165, 1.54) is 28.7 Å². The number of rotatable bonds is 7. The highest BCUT2D eigenvalue weighted by Crippen LogP contribution is 2.38. The summed E-state index contributed by atoms with van der Waals surface area (Å²) in [6.07, 6.45) is 1.43. The van der Waals surface area contributed by atoms with Crippen molar-refractivity contribution in [1.29, 1.82) is 0 Å². The lowest BCUT2D eigenvalue weighted by Gasteiger charge is -2.29. The van der Waals surface area contributed by atoms with Crippen molar-refractivity contribution in [3.8, 4) is 5.69 Å². The largest absolute Gasteiger partial charge is 0.370 e. The van der Waals surface area contributed by atoms with E-state index in [0.717, 1.165) is 28.1 Å². The Morgan fingerprint density at radius 2 is 1.92 bits per heavy atom. The topological polar surface area (TPSA) is 73.2 Å². The number of thiophene rings is 1. The van der Waals surface area contributed by atoms with Crippen molar-refractivity contribution in [3.63, 3.8) is 0 Å². The second kappa shape index (κ2) is 10.4. The molecule has 1 aliphatic heterocycles. The van der Waals surface area contributed by atoms with Gasteiger partial charge in [0, 0.05) is 17.3 Å². The van der Waals surface area contributed by atoms with Gasteiger partial charge < -0.3 is 10.1 Å². The number of amides is 1. The van der Waals surface area contributed by atoms with Crippen LogP contribution in [0.3, 0.4) is 0 Å². The van der Waals surface area contributed by atoms with Gasteiger partial charge in [-0.15, -0.1) is 11.3 Å². The maximum atomic E-state index is 14.0. The Kier molecular flexibility index (Phi) is 7.25. The van der Waals surface area contributed by atoms with Crippen LogP contribution in [0.15, 0.2) is 64.5 Å². The highest BCUT2D eigenvalue weighted by Gasteiger charge is 2.31. The fraction of sp³-hybridized carbons (Fsp3) is 0.345. The first-order valence-corrected chi connectivity index (χ1v) is 14.2. The number of carbonyl (C=O) groups is 1. The molecule has 3 heterocycles. The van der Waals surface area contributed by atoms with Crippen molar-refractivity contribution in [1.82, 2.24) is 14.9 Å². The molecular formula is C29H31N3O3S2. The molecule has 1 atom stereocenters. The summed E-state index contributed by atoms with van der Waals surface area (Å²) in [7, 11) is 0. The van der Waals surface area contributed by atoms with Crippen LogP contribution >= 0.6 is 23.1 Å². The van der Waals surface area contributed by atoms with Gasteiger partial charge in [0.15, 0.2) is 5.16 Å². The zero-order chi connectivity index (χ0) is 26.2. The van der Waals surface area contributed by atoms with Crippen molar-refractivity contribution < 1.29 is 9.53 Å². The van der Waals surface area contributed by atoms with E-state index >= 15 is 0 Å². The average molecular weight is 534 g/mol. The molecule has 2 aromatic carbocycles. The van der Waals surface area contributed by atoms with Gasteiger partial charge in [0.05, 0.1) is 29.0 Å². The van der Waals surface area contributed by atoms with Crippen LogP contribution in [0.2, 0.25) is 0 Å². The van der Waals surface area contributed by atoms with Gasteiger partial charge in [-0.05, 0) is 57.4 Å². The van der Waals surface area contributed by atoms with Crippen molar-refractivity contribution in [2.45, 2.75) is 63.9 Å². The van der Waals surface area contributed by atoms with Gasteiger partial charge in [0.1, 0.15) is 4.83 Å². The SMILES string of the molecule is Cc1ccc(-n2c(SCC(=O)NC(C)Cc3ccccc3)nc3sc4c(c3c2=O)CC(C)(C)OC4)cc1. The Balaban J connectivity index is 1.45. The van der Waals surface area contributed by atoms with Crippen LogP contribution in [0.5, 0.6) is 0 Å². The Morgan fingerprint density at radius 3 is 2.65 bits per heavy atom. The molecule has 0 fully saturated rings. The first-order valence-electron chi connectivity index (χ1n) is 12.4. The Hall–Kier alpha value is -2.94. The van der Waals surface area contributed by atoms with Crippen molar-refractivity contribution >= 4 is 39.2 Å². The minimum atomic E-state index is -0.329. The molecular weight excluding hydrogens is 502 g/mol. The Labute approximate surface area is 225 Å². The van der Waals surface area contributed by atoms with Crippen LogP contribution in [-0.4, -0.2) is 32.9 Å². The number of benzene rings is 2. The number of fused-ring (bicyclic) bond motifs is 3. The molecule has 1 N–H and O–H groups in total. The fourth-order valence-corrected chi connectivity index (χ4v) is 6.63. The van der Waals surface area contributed by atoms with E-state index in [4.69, 9.17) is 9.72 Å². The van der Waals surface area contributed by atoms with Crippen LogP contribution < -0.4 is 10.9 Å². The highest BCUT2D eigenvalue weighted by molar-refractivity contribution is 7.99. The number of hydrogen-bond acceptors (Lipinski definition) is 6. The molecule has 1 aliphatic rings. The maximum absolute atomic E-state index is 14.0. The van der Waals surface area contributed by atoms with E-state index in [2.05, 4.69) is 17.4 Å². The molecule has 5 rings (SSSR count). The van der Waals surface area contributed by atoms with Gasteiger partial charge in [-0.2, -0.15) is 0 Å². The van der Waals surface area contributed by atoms with Crippen molar-refractivity contribution in [3.05, 3.63) is 86.5 Å². The Bertz CT molecular complexity index is 1490. The molecule has 37 heavy (non-hydrogen) atoms. The number of thioether (sulfide) groups is 1. The second-order valence-corrected chi connectivity index (χ2v) is 12.3. The molecule has 8 heteroatoms. The second-order valence-electron chi connectivity index (χ2n) is 10.2. The lowest BCUT2D eigenvalue weighted by atomic mass is 9.94. The lowest BCUT2D eigenvalue weighted by Crippen LogP contribution is -2.35. The van der Waals surface area contributed by atoms with Crippen molar-refractivity contribution in [2.75, 3.05) is 5.75 Å². The average Bonchev–Trinajstić information content (AvgIpc) is 3.21.